The van der Waals surface area contributed by atoms with Crippen LogP contribution in [0.5, 0.6) is 11.5 Å². The third-order valence-corrected chi connectivity index (χ3v) is 4.05. The Kier molecular flexibility index (Phi) is 4.34. The van der Waals surface area contributed by atoms with E-state index in [1.807, 2.05) is 30.3 Å². The number of methoxy groups -OCH3 is 1. The van der Waals surface area contributed by atoms with Crippen LogP contribution in [0.3, 0.4) is 0 Å². The second kappa shape index (κ2) is 6.58. The van der Waals surface area contributed by atoms with Crippen molar-refractivity contribution in [3.8, 4) is 11.5 Å². The van der Waals surface area contributed by atoms with E-state index in [0.717, 1.165) is 5.69 Å². The van der Waals surface area contributed by atoms with Gasteiger partial charge in [-0.1, -0.05) is 24.3 Å². The topological polar surface area (TPSA) is 70.9 Å². The van der Waals surface area contributed by atoms with Crippen molar-refractivity contribution in [1.29, 1.82) is 0 Å². The summed E-state index contributed by atoms with van der Waals surface area (Å²) in [5, 5.41) is 13.1. The minimum absolute atomic E-state index is 0.0310. The zero-order valence-electron chi connectivity index (χ0n) is 12.3. The molecule has 0 aromatic heterocycles. The van der Waals surface area contributed by atoms with Crippen LogP contribution in [0.1, 0.15) is 5.56 Å². The first kappa shape index (κ1) is 15.2. The maximum Gasteiger partial charge on any atom is 0.264 e. The largest absolute Gasteiger partial charge is 0.504 e. The van der Waals surface area contributed by atoms with Gasteiger partial charge in [0.1, 0.15) is 0 Å². The van der Waals surface area contributed by atoms with Gasteiger partial charge in [-0.15, -0.1) is 0 Å². The molecule has 1 heterocycles. The number of thioether (sulfide) groups is 1. The van der Waals surface area contributed by atoms with Gasteiger partial charge in [0.2, 0.25) is 0 Å². The minimum atomic E-state index is -0.208. The molecule has 1 aliphatic rings. The second-order valence-electron chi connectivity index (χ2n) is 4.75. The molecule has 1 fully saturated rings. The zero-order valence-corrected chi connectivity index (χ0v) is 13.1. The van der Waals surface area contributed by atoms with Crippen LogP contribution in [-0.4, -0.2) is 23.3 Å². The molecule has 0 aliphatic carbocycles. The van der Waals surface area contributed by atoms with Crippen LogP contribution in [0.2, 0.25) is 0 Å². The van der Waals surface area contributed by atoms with Crippen molar-refractivity contribution in [1.82, 2.24) is 5.32 Å². The number of aliphatic imine (C=N–C) groups is 1. The van der Waals surface area contributed by atoms with Crippen molar-refractivity contribution in [3.63, 3.8) is 0 Å². The molecule has 2 aromatic rings. The Labute approximate surface area is 137 Å². The van der Waals surface area contributed by atoms with Crippen LogP contribution >= 0.6 is 11.8 Å². The van der Waals surface area contributed by atoms with E-state index in [1.165, 1.54) is 18.9 Å². The summed E-state index contributed by atoms with van der Waals surface area (Å²) < 4.78 is 5.00. The third-order valence-electron chi connectivity index (χ3n) is 3.14. The molecular formula is C17H14N2O3S. The van der Waals surface area contributed by atoms with E-state index in [1.54, 1.807) is 24.3 Å². The Morgan fingerprint density at radius 3 is 2.70 bits per heavy atom. The highest BCUT2D eigenvalue weighted by Crippen LogP contribution is 2.31. The number of phenolic OH excluding ortho intramolecular Hbond substituents is 1. The number of amides is 1. The van der Waals surface area contributed by atoms with Gasteiger partial charge in [0, 0.05) is 0 Å². The maximum absolute atomic E-state index is 12.0. The molecule has 1 aliphatic heterocycles. The van der Waals surface area contributed by atoms with E-state index >= 15 is 0 Å². The Balaban J connectivity index is 1.83. The summed E-state index contributed by atoms with van der Waals surface area (Å²) in [4.78, 5) is 16.9. The molecule has 1 amide bonds. The van der Waals surface area contributed by atoms with Gasteiger partial charge in [0.05, 0.1) is 17.7 Å². The minimum Gasteiger partial charge on any atom is -0.504 e. The monoisotopic (exact) mass is 326 g/mol. The molecule has 0 atom stereocenters. The zero-order chi connectivity index (χ0) is 16.2. The first-order chi connectivity index (χ1) is 11.2. The number of amidine groups is 1. The quantitative estimate of drug-likeness (QED) is 0.849. The van der Waals surface area contributed by atoms with Crippen molar-refractivity contribution >= 4 is 34.6 Å². The molecule has 0 saturated carbocycles. The van der Waals surface area contributed by atoms with Gasteiger partial charge in [-0.3, -0.25) is 4.79 Å². The van der Waals surface area contributed by atoms with E-state index in [-0.39, 0.29) is 11.7 Å². The molecule has 23 heavy (non-hydrogen) atoms. The number of rotatable bonds is 3. The molecular weight excluding hydrogens is 312 g/mol. The summed E-state index contributed by atoms with van der Waals surface area (Å²) in [7, 11) is 1.49. The highest BCUT2D eigenvalue weighted by atomic mass is 32.2. The first-order valence-corrected chi connectivity index (χ1v) is 7.69. The first-order valence-electron chi connectivity index (χ1n) is 6.87. The maximum atomic E-state index is 12.0. The smallest absolute Gasteiger partial charge is 0.264 e. The Bertz CT molecular complexity index is 801. The molecule has 0 spiro atoms. The number of carbonyl (C=O) groups is 1. The van der Waals surface area contributed by atoms with Crippen LogP contribution in [0.4, 0.5) is 5.69 Å². The molecule has 2 aromatic carbocycles. The van der Waals surface area contributed by atoms with Crippen LogP contribution in [0.15, 0.2) is 58.4 Å². The van der Waals surface area contributed by atoms with Crippen LogP contribution < -0.4 is 10.1 Å². The standard InChI is InChI=1S/C17H14N2O3S/c1-22-14-8-7-11(9-13(14)20)10-15-16(21)19-17(23-15)18-12-5-3-2-4-6-12/h2-10,20H,1H3,(H,18,19,21)/b15-10-. The molecule has 0 unspecified atom stereocenters. The fourth-order valence-electron chi connectivity index (χ4n) is 2.05. The molecule has 2 N–H and O–H groups in total. The van der Waals surface area contributed by atoms with Gasteiger partial charge in [0.25, 0.3) is 5.91 Å². The average Bonchev–Trinajstić information content (AvgIpc) is 2.88. The molecule has 3 rings (SSSR count). The lowest BCUT2D eigenvalue weighted by atomic mass is 10.2. The number of aromatic hydroxyl groups is 1. The van der Waals surface area contributed by atoms with E-state index in [9.17, 15) is 9.90 Å². The summed E-state index contributed by atoms with van der Waals surface area (Å²) in [5.74, 6) is 0.213. The van der Waals surface area contributed by atoms with Crippen molar-refractivity contribution < 1.29 is 14.6 Å². The van der Waals surface area contributed by atoms with E-state index in [4.69, 9.17) is 4.74 Å². The SMILES string of the molecule is COc1ccc(/C=C2\SC(=Nc3ccccc3)NC2=O)cc1O. The van der Waals surface area contributed by atoms with Gasteiger partial charge >= 0.3 is 0 Å². The summed E-state index contributed by atoms with van der Waals surface area (Å²) in [6.07, 6.45) is 1.70. The number of carbonyl (C=O) groups excluding carboxylic acids is 1. The van der Waals surface area contributed by atoms with Crippen LogP contribution in [0, 0.1) is 0 Å². The summed E-state index contributed by atoms with van der Waals surface area (Å²) >= 11 is 1.26. The lowest BCUT2D eigenvalue weighted by Gasteiger charge is -2.03. The Morgan fingerprint density at radius 1 is 1.22 bits per heavy atom. The number of hydrogen-bond acceptors (Lipinski definition) is 5. The number of nitrogens with zero attached hydrogens (tertiary/aromatic N) is 1. The fourth-order valence-corrected chi connectivity index (χ4v) is 2.89. The van der Waals surface area contributed by atoms with Crippen molar-refractivity contribution in [3.05, 3.63) is 59.0 Å². The average molecular weight is 326 g/mol. The van der Waals surface area contributed by atoms with E-state index in [2.05, 4.69) is 10.3 Å². The van der Waals surface area contributed by atoms with Gasteiger partial charge in [0.15, 0.2) is 16.7 Å². The number of phenols is 1. The third kappa shape index (κ3) is 3.54. The molecule has 6 heteroatoms. The van der Waals surface area contributed by atoms with Crippen LogP contribution in [0.25, 0.3) is 6.08 Å². The molecule has 5 nitrogen and oxygen atoms in total. The number of hydrogen-bond donors (Lipinski definition) is 2. The van der Waals surface area contributed by atoms with Crippen molar-refractivity contribution in [2.24, 2.45) is 4.99 Å². The highest BCUT2D eigenvalue weighted by molar-refractivity contribution is 8.18. The predicted molar refractivity (Wildman–Crippen MR) is 91.9 cm³/mol. The number of para-hydroxylation sites is 1. The molecule has 116 valence electrons. The molecule has 0 bridgehead atoms. The normalized spacial score (nSPS) is 17.5. The number of benzene rings is 2. The van der Waals surface area contributed by atoms with Gasteiger partial charge in [-0.25, -0.2) is 4.99 Å². The summed E-state index contributed by atoms with van der Waals surface area (Å²) in [6.45, 7) is 0. The van der Waals surface area contributed by atoms with Gasteiger partial charge < -0.3 is 15.2 Å². The Hall–Kier alpha value is -2.73. The van der Waals surface area contributed by atoms with Crippen molar-refractivity contribution in [2.75, 3.05) is 7.11 Å². The number of ether oxygens (including phenoxy) is 1. The second-order valence-corrected chi connectivity index (χ2v) is 5.78. The Morgan fingerprint density at radius 2 is 2.00 bits per heavy atom. The lowest BCUT2D eigenvalue weighted by molar-refractivity contribution is -0.115. The highest BCUT2D eigenvalue weighted by Gasteiger charge is 2.23. The molecule has 1 saturated heterocycles. The predicted octanol–water partition coefficient (Wildman–Crippen LogP) is 3.29. The lowest BCUT2D eigenvalue weighted by Crippen LogP contribution is -2.19. The van der Waals surface area contributed by atoms with E-state index in [0.29, 0.717) is 21.4 Å². The van der Waals surface area contributed by atoms with Crippen LogP contribution in [-0.2, 0) is 4.79 Å². The molecule has 0 radical (unpaired) electrons. The van der Waals surface area contributed by atoms with E-state index < -0.39 is 0 Å². The van der Waals surface area contributed by atoms with Crippen molar-refractivity contribution in [2.45, 2.75) is 0 Å². The number of nitrogens with one attached hydrogen (secondary N) is 1. The fraction of sp³-hybridized carbons (Fsp3) is 0.0588. The van der Waals surface area contributed by atoms with Gasteiger partial charge in [-0.2, -0.15) is 0 Å². The van der Waals surface area contributed by atoms with Gasteiger partial charge in [-0.05, 0) is 47.7 Å². The summed E-state index contributed by atoms with van der Waals surface area (Å²) in [6, 6.07) is 14.4. The summed E-state index contributed by atoms with van der Waals surface area (Å²) in [5.41, 5.74) is 1.49.